The Kier molecular flexibility index (Phi) is 3.88. The largest absolute Gasteiger partial charge is 0.267 e. The Balaban J connectivity index is 1.74. The molecule has 0 aliphatic carbocycles. The fraction of sp³-hybridized carbons (Fsp3) is 0.235. The molecule has 2 heterocycles. The van der Waals surface area contributed by atoms with Crippen LogP contribution in [0.15, 0.2) is 42.5 Å². The molecular weight excluding hydrogens is 283 g/mol. The quantitative estimate of drug-likeness (QED) is 0.699. The molecule has 108 valence electrons. The summed E-state index contributed by atoms with van der Waals surface area (Å²) in [5.41, 5.74) is 2.94. The normalized spacial score (nSPS) is 11.0. The number of benzene rings is 1. The fourth-order valence-electron chi connectivity index (χ4n) is 2.45. The molecule has 0 unspecified atom stereocenters. The molecule has 0 aliphatic heterocycles. The Morgan fingerprint density at radius 1 is 1.14 bits per heavy atom. The van der Waals surface area contributed by atoms with Gasteiger partial charge in [-0.05, 0) is 49.6 Å². The molecule has 3 aromatic rings. The maximum atomic E-state index is 13.6. The van der Waals surface area contributed by atoms with E-state index in [-0.39, 0.29) is 5.82 Å². The summed E-state index contributed by atoms with van der Waals surface area (Å²) in [5, 5.41) is 4.38. The van der Waals surface area contributed by atoms with E-state index in [4.69, 9.17) is 0 Å². The number of hydrogen-bond acceptors (Lipinski definition) is 2. The second-order valence-corrected chi connectivity index (χ2v) is 6.32. The molecule has 0 aliphatic rings. The molecule has 21 heavy (non-hydrogen) atoms. The molecule has 2 aromatic heterocycles. The molecule has 0 spiro atoms. The van der Waals surface area contributed by atoms with Gasteiger partial charge in [0, 0.05) is 11.9 Å². The van der Waals surface area contributed by atoms with Crippen LogP contribution in [0.1, 0.15) is 16.1 Å². The monoisotopic (exact) mass is 300 g/mol. The molecular formula is C17H17FN2S. The van der Waals surface area contributed by atoms with E-state index >= 15 is 0 Å². The van der Waals surface area contributed by atoms with Crippen molar-refractivity contribution in [2.45, 2.75) is 19.8 Å². The van der Waals surface area contributed by atoms with Gasteiger partial charge in [-0.25, -0.2) is 4.39 Å². The number of aryl methyl sites for hydroxylation is 4. The molecule has 2 nitrogen and oxygen atoms in total. The first kappa shape index (κ1) is 14.0. The average molecular weight is 300 g/mol. The zero-order chi connectivity index (χ0) is 14.8. The minimum absolute atomic E-state index is 0.114. The number of hydrogen-bond donors (Lipinski definition) is 0. The van der Waals surface area contributed by atoms with E-state index in [2.05, 4.69) is 23.3 Å². The van der Waals surface area contributed by atoms with Gasteiger partial charge in [0.25, 0.3) is 0 Å². The average Bonchev–Trinajstić information content (AvgIpc) is 3.04. The van der Waals surface area contributed by atoms with Crippen LogP contribution in [0, 0.1) is 12.7 Å². The van der Waals surface area contributed by atoms with Crippen LogP contribution in [-0.4, -0.2) is 9.78 Å². The summed E-state index contributed by atoms with van der Waals surface area (Å²) in [6.45, 7) is 2.00. The summed E-state index contributed by atoms with van der Waals surface area (Å²) in [6, 6.07) is 13.3. The van der Waals surface area contributed by atoms with Crippen molar-refractivity contribution in [1.82, 2.24) is 9.78 Å². The number of rotatable bonds is 4. The second kappa shape index (κ2) is 5.82. The third-order valence-corrected chi connectivity index (χ3v) is 4.68. The van der Waals surface area contributed by atoms with Crippen LogP contribution in [-0.2, 0) is 19.9 Å². The lowest BCUT2D eigenvalue weighted by atomic mass is 10.1. The Labute approximate surface area is 127 Å². The van der Waals surface area contributed by atoms with E-state index in [1.807, 2.05) is 30.8 Å². The van der Waals surface area contributed by atoms with E-state index in [9.17, 15) is 4.39 Å². The molecule has 0 saturated carbocycles. The van der Waals surface area contributed by atoms with Crippen molar-refractivity contribution in [1.29, 1.82) is 0 Å². The molecule has 3 rings (SSSR count). The molecule has 0 amide bonds. The summed E-state index contributed by atoms with van der Waals surface area (Å²) in [7, 11) is 1.96. The van der Waals surface area contributed by atoms with E-state index in [0.29, 0.717) is 0 Å². The van der Waals surface area contributed by atoms with E-state index in [1.165, 1.54) is 15.8 Å². The van der Waals surface area contributed by atoms with Gasteiger partial charge in [0.05, 0.1) is 16.3 Å². The highest BCUT2D eigenvalue weighted by molar-refractivity contribution is 7.15. The topological polar surface area (TPSA) is 17.8 Å². The molecule has 0 fully saturated rings. The Bertz CT molecular complexity index is 758. The smallest absolute Gasteiger partial charge is 0.126 e. The lowest BCUT2D eigenvalue weighted by molar-refractivity contribution is 0.609. The summed E-state index contributed by atoms with van der Waals surface area (Å²) in [6.07, 6.45) is 1.60. The van der Waals surface area contributed by atoms with Crippen LogP contribution in [0.4, 0.5) is 4.39 Å². The van der Waals surface area contributed by atoms with Crippen LogP contribution in [0.5, 0.6) is 0 Å². The Hall–Kier alpha value is -1.94. The van der Waals surface area contributed by atoms with Crippen molar-refractivity contribution in [2.75, 3.05) is 0 Å². The lowest BCUT2D eigenvalue weighted by Crippen LogP contribution is -1.92. The summed E-state index contributed by atoms with van der Waals surface area (Å²) < 4.78 is 15.5. The third kappa shape index (κ3) is 3.05. The van der Waals surface area contributed by atoms with Gasteiger partial charge in [0.2, 0.25) is 0 Å². The summed E-state index contributed by atoms with van der Waals surface area (Å²) >= 11 is 1.76. The van der Waals surface area contributed by atoms with E-state index in [1.54, 1.807) is 17.4 Å². The standard InChI is InChI=1S/C17H17FN2S/c1-12-11-16(20(2)19-12)17-10-9-14(21-17)8-7-13-5-3-4-6-15(13)18/h3-6,9-11H,7-8H2,1-2H3. The van der Waals surface area contributed by atoms with E-state index in [0.717, 1.165) is 29.8 Å². The first-order valence-corrected chi connectivity index (χ1v) is 7.78. The van der Waals surface area contributed by atoms with Crippen molar-refractivity contribution in [3.05, 3.63) is 64.4 Å². The fourth-order valence-corrected chi connectivity index (χ4v) is 3.50. The van der Waals surface area contributed by atoms with Crippen molar-refractivity contribution in [3.63, 3.8) is 0 Å². The summed E-state index contributed by atoms with van der Waals surface area (Å²) in [4.78, 5) is 2.48. The SMILES string of the molecule is Cc1cc(-c2ccc(CCc3ccccc3F)s2)n(C)n1. The van der Waals surface area contributed by atoms with Gasteiger partial charge in [0.15, 0.2) is 0 Å². The van der Waals surface area contributed by atoms with Crippen LogP contribution >= 0.6 is 11.3 Å². The molecule has 0 radical (unpaired) electrons. The van der Waals surface area contributed by atoms with Gasteiger partial charge in [-0.2, -0.15) is 5.10 Å². The number of nitrogens with zero attached hydrogens (tertiary/aromatic N) is 2. The molecule has 0 atom stereocenters. The van der Waals surface area contributed by atoms with Crippen molar-refractivity contribution < 1.29 is 4.39 Å². The van der Waals surface area contributed by atoms with Gasteiger partial charge in [-0.3, -0.25) is 4.68 Å². The van der Waals surface area contributed by atoms with Gasteiger partial charge in [-0.1, -0.05) is 18.2 Å². The van der Waals surface area contributed by atoms with E-state index < -0.39 is 0 Å². The maximum absolute atomic E-state index is 13.6. The van der Waals surface area contributed by atoms with Gasteiger partial charge < -0.3 is 0 Å². The molecule has 0 bridgehead atoms. The summed E-state index contributed by atoms with van der Waals surface area (Å²) in [5.74, 6) is -0.114. The molecule has 0 saturated heterocycles. The number of halogens is 1. The van der Waals surface area contributed by atoms with Crippen LogP contribution < -0.4 is 0 Å². The zero-order valence-corrected chi connectivity index (χ0v) is 13.0. The maximum Gasteiger partial charge on any atom is 0.126 e. The van der Waals surface area contributed by atoms with Gasteiger partial charge in [-0.15, -0.1) is 11.3 Å². The highest BCUT2D eigenvalue weighted by Gasteiger charge is 2.09. The first-order valence-electron chi connectivity index (χ1n) is 6.96. The molecule has 1 aromatic carbocycles. The highest BCUT2D eigenvalue weighted by Crippen LogP contribution is 2.29. The first-order chi connectivity index (χ1) is 10.1. The Morgan fingerprint density at radius 2 is 1.95 bits per heavy atom. The van der Waals surface area contributed by atoms with Crippen molar-refractivity contribution in [3.8, 4) is 10.6 Å². The van der Waals surface area contributed by atoms with Crippen LogP contribution in [0.3, 0.4) is 0 Å². The molecule has 0 N–H and O–H groups in total. The Morgan fingerprint density at radius 3 is 2.67 bits per heavy atom. The minimum Gasteiger partial charge on any atom is -0.267 e. The van der Waals surface area contributed by atoms with Gasteiger partial charge in [0.1, 0.15) is 5.82 Å². The number of thiophene rings is 1. The van der Waals surface area contributed by atoms with Gasteiger partial charge >= 0.3 is 0 Å². The second-order valence-electron chi connectivity index (χ2n) is 5.15. The third-order valence-electron chi connectivity index (χ3n) is 3.51. The zero-order valence-electron chi connectivity index (χ0n) is 12.1. The van der Waals surface area contributed by atoms with Crippen molar-refractivity contribution in [2.24, 2.45) is 7.05 Å². The molecule has 4 heteroatoms. The van der Waals surface area contributed by atoms with Crippen LogP contribution in [0.25, 0.3) is 10.6 Å². The predicted molar refractivity (Wildman–Crippen MR) is 85.1 cm³/mol. The highest BCUT2D eigenvalue weighted by atomic mass is 32.1. The van der Waals surface area contributed by atoms with Crippen molar-refractivity contribution >= 4 is 11.3 Å². The minimum atomic E-state index is -0.114. The number of aromatic nitrogens is 2. The predicted octanol–water partition coefficient (Wildman–Crippen LogP) is 4.38. The van der Waals surface area contributed by atoms with Crippen LogP contribution in [0.2, 0.25) is 0 Å². The lowest BCUT2D eigenvalue weighted by Gasteiger charge is -2.01.